The summed E-state index contributed by atoms with van der Waals surface area (Å²) in [5.41, 5.74) is 3.33. The van der Waals surface area contributed by atoms with Crippen LogP contribution in [0.15, 0.2) is 89.5 Å². The molecule has 4 rings (SSSR count). The molecule has 0 aliphatic carbocycles. The lowest BCUT2D eigenvalue weighted by Crippen LogP contribution is -2.23. The summed E-state index contributed by atoms with van der Waals surface area (Å²) in [6.07, 6.45) is 1.41. The molecule has 0 radical (unpaired) electrons. The average molecular weight is 471 g/mol. The Hall–Kier alpha value is -4.72. The molecule has 176 valence electrons. The summed E-state index contributed by atoms with van der Waals surface area (Å²) >= 11 is 0. The minimum absolute atomic E-state index is 0.172. The van der Waals surface area contributed by atoms with E-state index in [1.165, 1.54) is 30.5 Å². The van der Waals surface area contributed by atoms with E-state index >= 15 is 0 Å². The SMILES string of the molecule is Cc1ccc(C(=O)NCc2cccc(NC(=O)c3ccc(F)cc3)c2)cc1NC(=O)c1ccco1. The van der Waals surface area contributed by atoms with Crippen LogP contribution in [0.2, 0.25) is 0 Å². The molecule has 1 aromatic heterocycles. The molecule has 4 aromatic rings. The number of amides is 3. The highest BCUT2D eigenvalue weighted by Crippen LogP contribution is 2.19. The number of benzene rings is 3. The zero-order valence-electron chi connectivity index (χ0n) is 18.8. The molecule has 0 bridgehead atoms. The first-order chi connectivity index (χ1) is 16.9. The minimum atomic E-state index is -0.417. The number of carbonyl (C=O) groups excluding carboxylic acids is 3. The number of nitrogens with one attached hydrogen (secondary N) is 3. The molecule has 0 saturated heterocycles. The predicted octanol–water partition coefficient (Wildman–Crippen LogP) is 5.16. The quantitative estimate of drug-likeness (QED) is 0.347. The van der Waals surface area contributed by atoms with Crippen LogP contribution in [0.25, 0.3) is 0 Å². The third-order valence-corrected chi connectivity index (χ3v) is 5.24. The Bertz CT molecular complexity index is 1370. The van der Waals surface area contributed by atoms with Gasteiger partial charge in [-0.1, -0.05) is 18.2 Å². The van der Waals surface area contributed by atoms with Crippen LogP contribution in [0.4, 0.5) is 15.8 Å². The van der Waals surface area contributed by atoms with Gasteiger partial charge in [0.2, 0.25) is 0 Å². The van der Waals surface area contributed by atoms with Crippen molar-refractivity contribution in [1.29, 1.82) is 0 Å². The molecule has 0 fully saturated rings. The number of halogens is 1. The summed E-state index contributed by atoms with van der Waals surface area (Å²) in [7, 11) is 0. The lowest BCUT2D eigenvalue weighted by atomic mass is 10.1. The van der Waals surface area contributed by atoms with E-state index in [4.69, 9.17) is 4.42 Å². The Morgan fingerprint density at radius 3 is 2.31 bits per heavy atom. The van der Waals surface area contributed by atoms with E-state index in [9.17, 15) is 18.8 Å². The highest BCUT2D eigenvalue weighted by atomic mass is 19.1. The van der Waals surface area contributed by atoms with E-state index in [2.05, 4.69) is 16.0 Å². The van der Waals surface area contributed by atoms with Gasteiger partial charge in [0.15, 0.2) is 5.76 Å². The maximum Gasteiger partial charge on any atom is 0.291 e. The summed E-state index contributed by atoms with van der Waals surface area (Å²) in [6, 6.07) is 20.5. The maximum absolute atomic E-state index is 13.1. The highest BCUT2D eigenvalue weighted by molar-refractivity contribution is 6.05. The fourth-order valence-electron chi connectivity index (χ4n) is 3.34. The topological polar surface area (TPSA) is 100 Å². The zero-order chi connectivity index (χ0) is 24.8. The molecule has 3 amide bonds. The van der Waals surface area contributed by atoms with Gasteiger partial charge in [0, 0.05) is 29.0 Å². The van der Waals surface area contributed by atoms with Crippen molar-refractivity contribution in [2.45, 2.75) is 13.5 Å². The van der Waals surface area contributed by atoms with Gasteiger partial charge in [-0.3, -0.25) is 14.4 Å². The van der Waals surface area contributed by atoms with Gasteiger partial charge < -0.3 is 20.4 Å². The van der Waals surface area contributed by atoms with Crippen molar-refractivity contribution in [2.24, 2.45) is 0 Å². The normalized spacial score (nSPS) is 10.5. The fourth-order valence-corrected chi connectivity index (χ4v) is 3.34. The molecule has 0 unspecified atom stereocenters. The smallest absolute Gasteiger partial charge is 0.291 e. The van der Waals surface area contributed by atoms with Crippen LogP contribution in [0.5, 0.6) is 0 Å². The van der Waals surface area contributed by atoms with E-state index in [1.807, 2.05) is 13.0 Å². The Labute approximate surface area is 201 Å². The maximum atomic E-state index is 13.1. The van der Waals surface area contributed by atoms with Crippen LogP contribution >= 0.6 is 0 Å². The molecule has 8 heteroatoms. The lowest BCUT2D eigenvalue weighted by molar-refractivity contribution is 0.0948. The molecule has 3 aromatic carbocycles. The van der Waals surface area contributed by atoms with E-state index in [0.29, 0.717) is 22.5 Å². The van der Waals surface area contributed by atoms with Crippen LogP contribution in [0, 0.1) is 12.7 Å². The van der Waals surface area contributed by atoms with E-state index < -0.39 is 11.7 Å². The first-order valence-corrected chi connectivity index (χ1v) is 10.8. The summed E-state index contributed by atoms with van der Waals surface area (Å²) in [5, 5.41) is 8.35. The van der Waals surface area contributed by atoms with Gasteiger partial charge in [-0.25, -0.2) is 4.39 Å². The third kappa shape index (κ3) is 6.00. The Kier molecular flexibility index (Phi) is 7.02. The largest absolute Gasteiger partial charge is 0.459 e. The number of carbonyl (C=O) groups is 3. The van der Waals surface area contributed by atoms with Gasteiger partial charge in [0.1, 0.15) is 5.82 Å². The molecular formula is C27H22FN3O4. The number of anilines is 2. The van der Waals surface area contributed by atoms with Crippen LogP contribution < -0.4 is 16.0 Å². The molecule has 0 atom stereocenters. The number of aryl methyl sites for hydroxylation is 1. The van der Waals surface area contributed by atoms with E-state index in [-0.39, 0.29) is 24.1 Å². The summed E-state index contributed by atoms with van der Waals surface area (Å²) < 4.78 is 18.2. The minimum Gasteiger partial charge on any atom is -0.459 e. The second-order valence-electron chi connectivity index (χ2n) is 7.81. The van der Waals surface area contributed by atoms with E-state index in [0.717, 1.165) is 11.1 Å². The van der Waals surface area contributed by atoms with E-state index in [1.54, 1.807) is 48.5 Å². The third-order valence-electron chi connectivity index (χ3n) is 5.24. The molecule has 0 saturated carbocycles. The van der Waals surface area contributed by atoms with Gasteiger partial charge in [-0.2, -0.15) is 0 Å². The molecular weight excluding hydrogens is 449 g/mol. The summed E-state index contributed by atoms with van der Waals surface area (Å²) in [4.78, 5) is 37.4. The number of hydrogen-bond acceptors (Lipinski definition) is 4. The Morgan fingerprint density at radius 2 is 1.57 bits per heavy atom. The molecule has 35 heavy (non-hydrogen) atoms. The van der Waals surface area contributed by atoms with Gasteiger partial charge in [-0.15, -0.1) is 0 Å². The Balaban J connectivity index is 1.38. The molecule has 0 aliphatic heterocycles. The van der Waals surface area contributed by atoms with Gasteiger partial charge >= 0.3 is 0 Å². The molecule has 0 spiro atoms. The predicted molar refractivity (Wildman–Crippen MR) is 130 cm³/mol. The molecule has 0 aliphatic rings. The Morgan fingerprint density at radius 1 is 0.800 bits per heavy atom. The van der Waals surface area contributed by atoms with Crippen molar-refractivity contribution >= 4 is 29.1 Å². The van der Waals surface area contributed by atoms with Gasteiger partial charge in [0.05, 0.1) is 6.26 Å². The first-order valence-electron chi connectivity index (χ1n) is 10.8. The second-order valence-corrected chi connectivity index (χ2v) is 7.81. The van der Waals surface area contributed by atoms with Crippen LogP contribution in [-0.4, -0.2) is 17.7 Å². The van der Waals surface area contributed by atoms with Crippen LogP contribution in [0.3, 0.4) is 0 Å². The van der Waals surface area contributed by atoms with Crippen LogP contribution in [0.1, 0.15) is 42.4 Å². The van der Waals surface area contributed by atoms with Crippen molar-refractivity contribution in [2.75, 3.05) is 10.6 Å². The molecule has 3 N–H and O–H groups in total. The number of rotatable bonds is 7. The first kappa shape index (κ1) is 23.4. The van der Waals surface area contributed by atoms with Crippen molar-refractivity contribution < 1.29 is 23.2 Å². The number of furan rings is 1. The highest BCUT2D eigenvalue weighted by Gasteiger charge is 2.13. The summed E-state index contributed by atoms with van der Waals surface area (Å²) in [5.74, 6) is -1.34. The fraction of sp³-hybridized carbons (Fsp3) is 0.0741. The van der Waals surface area contributed by atoms with Crippen molar-refractivity contribution in [3.05, 3.63) is 119 Å². The van der Waals surface area contributed by atoms with Crippen molar-refractivity contribution in [3.63, 3.8) is 0 Å². The second kappa shape index (κ2) is 10.5. The molecule has 1 heterocycles. The van der Waals surface area contributed by atoms with Crippen molar-refractivity contribution in [1.82, 2.24) is 5.32 Å². The van der Waals surface area contributed by atoms with Crippen LogP contribution in [-0.2, 0) is 6.54 Å². The van der Waals surface area contributed by atoms with Gasteiger partial charge in [0.25, 0.3) is 17.7 Å². The average Bonchev–Trinajstić information content (AvgIpc) is 3.40. The molecule has 7 nitrogen and oxygen atoms in total. The zero-order valence-corrected chi connectivity index (χ0v) is 18.8. The van der Waals surface area contributed by atoms with Gasteiger partial charge in [-0.05, 0) is 78.7 Å². The monoisotopic (exact) mass is 471 g/mol. The standard InChI is InChI=1S/C27H22FN3O4/c1-17-7-8-20(15-23(17)31-27(34)24-6-3-13-35-24)25(32)29-16-18-4-2-5-22(14-18)30-26(33)19-9-11-21(28)12-10-19/h2-15H,16H2,1H3,(H,29,32)(H,30,33)(H,31,34). The number of hydrogen-bond donors (Lipinski definition) is 3. The summed E-state index contributed by atoms with van der Waals surface area (Å²) in [6.45, 7) is 2.05. The lowest BCUT2D eigenvalue weighted by Gasteiger charge is -2.11. The van der Waals surface area contributed by atoms with Crippen molar-refractivity contribution in [3.8, 4) is 0 Å².